The summed E-state index contributed by atoms with van der Waals surface area (Å²) in [6.07, 6.45) is 2.67. The normalized spacial score (nSPS) is 11.7. The molecule has 0 aliphatic rings. The lowest BCUT2D eigenvalue weighted by Crippen LogP contribution is -2.48. The highest BCUT2D eigenvalue weighted by Crippen LogP contribution is 2.16. The Morgan fingerprint density at radius 2 is 1.68 bits per heavy atom. The fraction of sp³-hybridized carbons (Fsp3) is 0.417. The van der Waals surface area contributed by atoms with E-state index in [0.29, 0.717) is 25.8 Å². The molecule has 2 rings (SSSR count). The third-order valence-corrected chi connectivity index (χ3v) is 5.13. The van der Waals surface area contributed by atoms with Crippen molar-refractivity contribution in [1.29, 1.82) is 0 Å². The maximum absolute atomic E-state index is 13.1. The quantitative estimate of drug-likeness (QED) is 0.714. The zero-order valence-electron chi connectivity index (χ0n) is 17.5. The van der Waals surface area contributed by atoms with Gasteiger partial charge in [0.05, 0.1) is 0 Å². The van der Waals surface area contributed by atoms with E-state index in [2.05, 4.69) is 42.6 Å². The number of aryl methyl sites for hydroxylation is 3. The fourth-order valence-electron chi connectivity index (χ4n) is 3.43. The first-order chi connectivity index (χ1) is 13.5. The van der Waals surface area contributed by atoms with Crippen LogP contribution in [0.4, 0.5) is 0 Å². The summed E-state index contributed by atoms with van der Waals surface area (Å²) in [6.45, 7) is 6.55. The monoisotopic (exact) mass is 380 g/mol. The molecule has 0 fully saturated rings. The number of hydrogen-bond acceptors (Lipinski definition) is 2. The highest BCUT2D eigenvalue weighted by Gasteiger charge is 2.27. The Balaban J connectivity index is 2.15. The largest absolute Gasteiger partial charge is 0.357 e. The lowest BCUT2D eigenvalue weighted by atomic mass is 10.0. The number of nitrogens with zero attached hydrogens (tertiary/aromatic N) is 1. The zero-order chi connectivity index (χ0) is 20.5. The van der Waals surface area contributed by atoms with E-state index < -0.39 is 6.04 Å². The van der Waals surface area contributed by atoms with Crippen LogP contribution in [0.15, 0.2) is 48.5 Å². The van der Waals surface area contributed by atoms with Crippen LogP contribution in [-0.2, 0) is 29.0 Å². The molecule has 4 nitrogen and oxygen atoms in total. The maximum atomic E-state index is 13.1. The van der Waals surface area contributed by atoms with Crippen LogP contribution in [0.25, 0.3) is 0 Å². The van der Waals surface area contributed by atoms with Gasteiger partial charge >= 0.3 is 0 Å². The summed E-state index contributed by atoms with van der Waals surface area (Å²) in [5, 5.41) is 2.70. The average molecular weight is 381 g/mol. The smallest absolute Gasteiger partial charge is 0.242 e. The Bertz CT molecular complexity index is 783. The van der Waals surface area contributed by atoms with E-state index in [1.54, 1.807) is 11.9 Å². The number of likely N-dealkylation sites (N-methyl/N-ethyl adjacent to an activating group) is 1. The molecule has 0 aliphatic carbocycles. The Labute approximate surface area is 169 Å². The van der Waals surface area contributed by atoms with Gasteiger partial charge in [0.15, 0.2) is 0 Å². The van der Waals surface area contributed by atoms with Gasteiger partial charge < -0.3 is 10.2 Å². The van der Waals surface area contributed by atoms with Crippen LogP contribution in [0, 0.1) is 6.92 Å². The van der Waals surface area contributed by atoms with Crippen molar-refractivity contribution >= 4 is 11.8 Å². The molecule has 1 N–H and O–H groups in total. The predicted molar refractivity (Wildman–Crippen MR) is 114 cm³/mol. The minimum atomic E-state index is -0.458. The van der Waals surface area contributed by atoms with Gasteiger partial charge in [-0.1, -0.05) is 67.9 Å². The first kappa shape index (κ1) is 21.7. The molecule has 0 radical (unpaired) electrons. The Kier molecular flexibility index (Phi) is 8.24. The van der Waals surface area contributed by atoms with Crippen LogP contribution < -0.4 is 5.32 Å². The SMILES string of the molecule is CCc1ccc(CCC(=O)N(Cc2cccc(C)c2)[C@@H](CC)C(=O)NC)cc1. The van der Waals surface area contributed by atoms with Crippen LogP contribution in [0.1, 0.15) is 48.9 Å². The molecule has 0 spiro atoms. The second kappa shape index (κ2) is 10.6. The molecule has 2 aromatic carbocycles. The van der Waals surface area contributed by atoms with Gasteiger partial charge in [-0.2, -0.15) is 0 Å². The van der Waals surface area contributed by atoms with Crippen LogP contribution in [0.5, 0.6) is 0 Å². The van der Waals surface area contributed by atoms with Crippen molar-refractivity contribution in [3.8, 4) is 0 Å². The molecule has 1 atom stereocenters. The van der Waals surface area contributed by atoms with Gasteiger partial charge in [0.25, 0.3) is 0 Å². The molecule has 0 aliphatic heterocycles. The first-order valence-electron chi connectivity index (χ1n) is 10.1. The van der Waals surface area contributed by atoms with Crippen molar-refractivity contribution < 1.29 is 9.59 Å². The molecule has 0 aromatic heterocycles. The first-order valence-corrected chi connectivity index (χ1v) is 10.1. The standard InChI is InChI=1S/C24H32N2O2/c1-5-19-10-12-20(13-11-19)14-15-23(27)26(22(6-2)24(28)25-4)17-21-9-7-8-18(3)16-21/h7-13,16,22H,5-6,14-15,17H2,1-4H3,(H,25,28)/t22-/m0/s1. The number of benzene rings is 2. The summed E-state index contributed by atoms with van der Waals surface area (Å²) < 4.78 is 0. The Morgan fingerprint density at radius 1 is 1.00 bits per heavy atom. The van der Waals surface area contributed by atoms with E-state index in [4.69, 9.17) is 0 Å². The molecular formula is C24H32N2O2. The van der Waals surface area contributed by atoms with E-state index >= 15 is 0 Å². The van der Waals surface area contributed by atoms with Gasteiger partial charge in [-0.15, -0.1) is 0 Å². The van der Waals surface area contributed by atoms with E-state index in [1.165, 1.54) is 5.56 Å². The molecule has 0 saturated carbocycles. The lowest BCUT2D eigenvalue weighted by molar-refractivity contribution is -0.141. The highest BCUT2D eigenvalue weighted by atomic mass is 16.2. The number of amides is 2. The molecule has 0 unspecified atom stereocenters. The minimum Gasteiger partial charge on any atom is -0.357 e. The topological polar surface area (TPSA) is 49.4 Å². The van der Waals surface area contributed by atoms with Gasteiger partial charge in [-0.3, -0.25) is 9.59 Å². The number of carbonyl (C=O) groups excluding carboxylic acids is 2. The summed E-state index contributed by atoms with van der Waals surface area (Å²) in [7, 11) is 1.62. The van der Waals surface area contributed by atoms with Gasteiger partial charge in [-0.05, 0) is 42.9 Å². The second-order valence-electron chi connectivity index (χ2n) is 7.22. The van der Waals surface area contributed by atoms with Gasteiger partial charge in [0, 0.05) is 20.0 Å². The predicted octanol–water partition coefficient (Wildman–Crippen LogP) is 4.04. The third-order valence-electron chi connectivity index (χ3n) is 5.13. The Hall–Kier alpha value is -2.62. The highest BCUT2D eigenvalue weighted by molar-refractivity contribution is 5.87. The fourth-order valence-corrected chi connectivity index (χ4v) is 3.43. The molecule has 2 amide bonds. The summed E-state index contributed by atoms with van der Waals surface area (Å²) in [5.41, 5.74) is 4.63. The molecule has 28 heavy (non-hydrogen) atoms. The molecule has 0 heterocycles. The van der Waals surface area contributed by atoms with Gasteiger partial charge in [0.1, 0.15) is 6.04 Å². The zero-order valence-corrected chi connectivity index (χ0v) is 17.5. The van der Waals surface area contributed by atoms with Crippen molar-refractivity contribution in [2.24, 2.45) is 0 Å². The number of carbonyl (C=O) groups is 2. The van der Waals surface area contributed by atoms with Crippen molar-refractivity contribution in [3.05, 3.63) is 70.8 Å². The van der Waals surface area contributed by atoms with Crippen molar-refractivity contribution in [1.82, 2.24) is 10.2 Å². The third kappa shape index (κ3) is 5.95. The number of hydrogen-bond donors (Lipinski definition) is 1. The minimum absolute atomic E-state index is 0.0107. The van der Waals surface area contributed by atoms with Gasteiger partial charge in [0.2, 0.25) is 11.8 Å². The molecule has 4 heteroatoms. The van der Waals surface area contributed by atoms with Gasteiger partial charge in [-0.25, -0.2) is 0 Å². The number of rotatable bonds is 9. The summed E-state index contributed by atoms with van der Waals surface area (Å²) in [6, 6.07) is 16.1. The van der Waals surface area contributed by atoms with E-state index in [0.717, 1.165) is 23.1 Å². The molecule has 2 aromatic rings. The van der Waals surface area contributed by atoms with Crippen LogP contribution in [0.3, 0.4) is 0 Å². The van der Waals surface area contributed by atoms with Crippen LogP contribution in [-0.4, -0.2) is 29.8 Å². The summed E-state index contributed by atoms with van der Waals surface area (Å²) >= 11 is 0. The van der Waals surface area contributed by atoms with Crippen molar-refractivity contribution in [3.63, 3.8) is 0 Å². The Morgan fingerprint density at radius 3 is 2.25 bits per heavy atom. The maximum Gasteiger partial charge on any atom is 0.242 e. The van der Waals surface area contributed by atoms with E-state index in [1.807, 2.05) is 32.0 Å². The van der Waals surface area contributed by atoms with Crippen molar-refractivity contribution in [2.45, 2.75) is 59.0 Å². The van der Waals surface area contributed by atoms with Crippen LogP contribution in [0.2, 0.25) is 0 Å². The second-order valence-corrected chi connectivity index (χ2v) is 7.22. The molecule has 0 bridgehead atoms. The average Bonchev–Trinajstić information content (AvgIpc) is 2.72. The van der Waals surface area contributed by atoms with E-state index in [-0.39, 0.29) is 11.8 Å². The van der Waals surface area contributed by atoms with Crippen LogP contribution >= 0.6 is 0 Å². The molecular weight excluding hydrogens is 348 g/mol. The lowest BCUT2D eigenvalue weighted by Gasteiger charge is -2.30. The number of nitrogens with one attached hydrogen (secondary N) is 1. The summed E-state index contributed by atoms with van der Waals surface area (Å²) in [5.74, 6) is -0.104. The van der Waals surface area contributed by atoms with E-state index in [9.17, 15) is 9.59 Å². The molecule has 150 valence electrons. The van der Waals surface area contributed by atoms with Crippen molar-refractivity contribution in [2.75, 3.05) is 7.05 Å². The summed E-state index contributed by atoms with van der Waals surface area (Å²) in [4.78, 5) is 27.2. The molecule has 0 saturated heterocycles.